The first kappa shape index (κ1) is 14.0. The van der Waals surface area contributed by atoms with Gasteiger partial charge in [-0.05, 0) is 53.3 Å². The van der Waals surface area contributed by atoms with Gasteiger partial charge in [0, 0.05) is 12.1 Å². The van der Waals surface area contributed by atoms with Crippen LogP contribution in [0.1, 0.15) is 32.6 Å². The van der Waals surface area contributed by atoms with Gasteiger partial charge >= 0.3 is 0 Å². The molecule has 2 aromatic rings. The van der Waals surface area contributed by atoms with Gasteiger partial charge in [-0.1, -0.05) is 19.8 Å². The van der Waals surface area contributed by atoms with Crippen LogP contribution in [0.3, 0.4) is 0 Å². The summed E-state index contributed by atoms with van der Waals surface area (Å²) in [5.41, 5.74) is 6.31. The maximum atomic E-state index is 13.6. The standard InChI is InChI=1S/C15H20FN5/c1-10-2-4-11(5-3-10)9-21-15(18-19-20-21)12-6-7-14(17)13(16)8-12/h6-8,10-11H,2-5,9,17H2,1H3. The van der Waals surface area contributed by atoms with Crippen molar-refractivity contribution in [3.63, 3.8) is 0 Å². The largest absolute Gasteiger partial charge is 0.396 e. The van der Waals surface area contributed by atoms with Gasteiger partial charge in [0.15, 0.2) is 5.82 Å². The molecule has 1 aliphatic carbocycles. The fourth-order valence-corrected chi connectivity index (χ4v) is 2.96. The van der Waals surface area contributed by atoms with Gasteiger partial charge in [0.05, 0.1) is 5.69 Å². The number of aromatic nitrogens is 4. The van der Waals surface area contributed by atoms with Crippen LogP contribution in [0.15, 0.2) is 18.2 Å². The van der Waals surface area contributed by atoms with Crippen LogP contribution >= 0.6 is 0 Å². The Bertz CT molecular complexity index is 616. The van der Waals surface area contributed by atoms with Crippen LogP contribution < -0.4 is 5.73 Å². The quantitative estimate of drug-likeness (QED) is 0.882. The van der Waals surface area contributed by atoms with E-state index in [-0.39, 0.29) is 5.69 Å². The molecule has 112 valence electrons. The molecule has 21 heavy (non-hydrogen) atoms. The Morgan fingerprint density at radius 2 is 2.05 bits per heavy atom. The van der Waals surface area contributed by atoms with Crippen LogP contribution in [0.4, 0.5) is 10.1 Å². The van der Waals surface area contributed by atoms with Crippen LogP contribution in [0.5, 0.6) is 0 Å². The third-order valence-corrected chi connectivity index (χ3v) is 4.36. The predicted octanol–water partition coefficient (Wildman–Crippen LogP) is 2.89. The van der Waals surface area contributed by atoms with Crippen molar-refractivity contribution in [3.8, 4) is 11.4 Å². The van der Waals surface area contributed by atoms with Gasteiger partial charge in [-0.2, -0.15) is 0 Å². The van der Waals surface area contributed by atoms with E-state index in [4.69, 9.17) is 5.73 Å². The van der Waals surface area contributed by atoms with E-state index < -0.39 is 5.82 Å². The number of hydrogen-bond acceptors (Lipinski definition) is 4. The summed E-state index contributed by atoms with van der Waals surface area (Å²) < 4.78 is 15.4. The molecule has 1 aromatic heterocycles. The zero-order valence-electron chi connectivity index (χ0n) is 12.2. The molecule has 1 heterocycles. The normalized spacial score (nSPS) is 22.4. The van der Waals surface area contributed by atoms with Crippen LogP contribution in [-0.4, -0.2) is 20.2 Å². The summed E-state index contributed by atoms with van der Waals surface area (Å²) >= 11 is 0. The Morgan fingerprint density at radius 1 is 1.29 bits per heavy atom. The SMILES string of the molecule is CC1CCC(Cn2nnnc2-c2ccc(N)c(F)c2)CC1. The molecule has 1 saturated carbocycles. The van der Waals surface area contributed by atoms with E-state index in [9.17, 15) is 4.39 Å². The van der Waals surface area contributed by atoms with E-state index in [1.165, 1.54) is 31.7 Å². The molecule has 0 aliphatic heterocycles. The highest BCUT2D eigenvalue weighted by molar-refractivity contribution is 5.59. The highest BCUT2D eigenvalue weighted by atomic mass is 19.1. The molecule has 6 heteroatoms. The maximum Gasteiger partial charge on any atom is 0.182 e. The van der Waals surface area contributed by atoms with E-state index in [2.05, 4.69) is 22.4 Å². The van der Waals surface area contributed by atoms with Crippen LogP contribution in [0, 0.1) is 17.7 Å². The van der Waals surface area contributed by atoms with Crippen molar-refractivity contribution in [1.82, 2.24) is 20.2 Å². The van der Waals surface area contributed by atoms with Gasteiger partial charge in [0.25, 0.3) is 0 Å². The smallest absolute Gasteiger partial charge is 0.182 e. The third kappa shape index (κ3) is 3.04. The molecule has 0 radical (unpaired) electrons. The number of nitrogens with zero attached hydrogens (tertiary/aromatic N) is 4. The number of benzene rings is 1. The van der Waals surface area contributed by atoms with Gasteiger partial charge in [-0.25, -0.2) is 9.07 Å². The van der Waals surface area contributed by atoms with Crippen LogP contribution in [0.25, 0.3) is 11.4 Å². The van der Waals surface area contributed by atoms with Crippen molar-refractivity contribution in [3.05, 3.63) is 24.0 Å². The Balaban J connectivity index is 1.79. The second kappa shape index (κ2) is 5.79. The van der Waals surface area contributed by atoms with Gasteiger partial charge in [0.1, 0.15) is 5.82 Å². The lowest BCUT2D eigenvalue weighted by molar-refractivity contribution is 0.257. The minimum atomic E-state index is -0.437. The number of hydrogen-bond donors (Lipinski definition) is 1. The number of halogens is 1. The zero-order valence-corrected chi connectivity index (χ0v) is 12.2. The van der Waals surface area contributed by atoms with E-state index in [1.54, 1.807) is 16.8 Å². The molecular formula is C15H20FN5. The van der Waals surface area contributed by atoms with Gasteiger partial charge in [-0.15, -0.1) is 5.10 Å². The van der Waals surface area contributed by atoms with Crippen molar-refractivity contribution in [2.24, 2.45) is 11.8 Å². The van der Waals surface area contributed by atoms with E-state index in [1.807, 2.05) is 0 Å². The van der Waals surface area contributed by atoms with Crippen molar-refractivity contribution in [2.45, 2.75) is 39.2 Å². The molecule has 3 rings (SSSR count). The van der Waals surface area contributed by atoms with Crippen LogP contribution in [-0.2, 0) is 6.54 Å². The Kier molecular flexibility index (Phi) is 3.86. The molecule has 0 bridgehead atoms. The highest BCUT2D eigenvalue weighted by Crippen LogP contribution is 2.30. The zero-order chi connectivity index (χ0) is 14.8. The van der Waals surface area contributed by atoms with Gasteiger partial charge in [0.2, 0.25) is 0 Å². The summed E-state index contributed by atoms with van der Waals surface area (Å²) in [6, 6.07) is 4.69. The molecule has 1 aliphatic rings. The highest BCUT2D eigenvalue weighted by Gasteiger charge is 2.21. The summed E-state index contributed by atoms with van der Waals surface area (Å²) in [6.45, 7) is 3.09. The Morgan fingerprint density at radius 3 is 2.76 bits per heavy atom. The number of tetrazole rings is 1. The summed E-state index contributed by atoms with van der Waals surface area (Å²) in [7, 11) is 0. The molecule has 1 fully saturated rings. The first-order valence-electron chi connectivity index (χ1n) is 7.45. The summed E-state index contributed by atoms with van der Waals surface area (Å²) in [5.74, 6) is 1.59. The number of rotatable bonds is 3. The molecule has 0 amide bonds. The van der Waals surface area contributed by atoms with E-state index in [0.29, 0.717) is 17.3 Å². The molecule has 2 N–H and O–H groups in total. The van der Waals surface area contributed by atoms with E-state index >= 15 is 0 Å². The lowest BCUT2D eigenvalue weighted by Crippen LogP contribution is -2.19. The molecule has 0 atom stereocenters. The monoisotopic (exact) mass is 289 g/mol. The molecule has 0 spiro atoms. The average molecular weight is 289 g/mol. The fourth-order valence-electron chi connectivity index (χ4n) is 2.96. The average Bonchev–Trinajstić information content (AvgIpc) is 2.92. The first-order valence-corrected chi connectivity index (χ1v) is 7.45. The molecular weight excluding hydrogens is 269 g/mol. The van der Waals surface area contributed by atoms with Gasteiger partial charge < -0.3 is 5.73 Å². The molecule has 5 nitrogen and oxygen atoms in total. The number of anilines is 1. The van der Waals surface area contributed by atoms with Crippen molar-refractivity contribution in [2.75, 3.05) is 5.73 Å². The predicted molar refractivity (Wildman–Crippen MR) is 78.7 cm³/mol. The maximum absolute atomic E-state index is 13.6. The van der Waals surface area contributed by atoms with E-state index in [0.717, 1.165) is 12.5 Å². The topological polar surface area (TPSA) is 69.6 Å². The minimum Gasteiger partial charge on any atom is -0.396 e. The Labute approximate surface area is 123 Å². The Hall–Kier alpha value is -1.98. The fraction of sp³-hybridized carbons (Fsp3) is 0.533. The first-order chi connectivity index (χ1) is 10.1. The van der Waals surface area contributed by atoms with Gasteiger partial charge in [-0.3, -0.25) is 0 Å². The third-order valence-electron chi connectivity index (χ3n) is 4.36. The second-order valence-corrected chi connectivity index (χ2v) is 6.05. The number of nitrogens with two attached hydrogens (primary N) is 1. The van der Waals surface area contributed by atoms with Crippen molar-refractivity contribution < 1.29 is 4.39 Å². The van der Waals surface area contributed by atoms with Crippen LogP contribution in [0.2, 0.25) is 0 Å². The number of nitrogen functional groups attached to an aromatic ring is 1. The molecule has 0 saturated heterocycles. The summed E-state index contributed by atoms with van der Waals surface area (Å²) in [6.07, 6.45) is 4.93. The minimum absolute atomic E-state index is 0.138. The summed E-state index contributed by atoms with van der Waals surface area (Å²) in [5, 5.41) is 11.8. The second-order valence-electron chi connectivity index (χ2n) is 6.05. The van der Waals surface area contributed by atoms with Crippen molar-refractivity contribution >= 4 is 5.69 Å². The molecule has 1 aromatic carbocycles. The lowest BCUT2D eigenvalue weighted by Gasteiger charge is -2.26. The lowest BCUT2D eigenvalue weighted by atomic mass is 9.83. The van der Waals surface area contributed by atoms with Crippen molar-refractivity contribution in [1.29, 1.82) is 0 Å². The summed E-state index contributed by atoms with van der Waals surface area (Å²) in [4.78, 5) is 0. The molecule has 0 unspecified atom stereocenters.